The van der Waals surface area contributed by atoms with Gasteiger partial charge in [-0.1, -0.05) is 19.0 Å². The molecule has 0 aromatic carbocycles. The topological polar surface area (TPSA) is 48.2 Å². The van der Waals surface area contributed by atoms with E-state index in [1.807, 2.05) is 6.92 Å². The Kier molecular flexibility index (Phi) is 2.34. The molecule has 4 heteroatoms. The van der Waals surface area contributed by atoms with E-state index in [4.69, 9.17) is 9.26 Å². The fourth-order valence-corrected chi connectivity index (χ4v) is 3.27. The molecule has 4 rings (SSSR count). The van der Waals surface area contributed by atoms with Gasteiger partial charge in [0, 0.05) is 6.92 Å². The van der Waals surface area contributed by atoms with E-state index in [9.17, 15) is 0 Å². The van der Waals surface area contributed by atoms with Crippen molar-refractivity contribution in [3.05, 3.63) is 11.7 Å². The van der Waals surface area contributed by atoms with Crippen LogP contribution in [0.5, 0.6) is 0 Å². The molecule has 1 aromatic heterocycles. The summed E-state index contributed by atoms with van der Waals surface area (Å²) in [6.45, 7) is 7.12. The summed E-state index contributed by atoms with van der Waals surface area (Å²) in [5.41, 5.74) is 0.134. The van der Waals surface area contributed by atoms with E-state index in [1.54, 1.807) is 0 Å². The fourth-order valence-electron chi connectivity index (χ4n) is 3.27. The Hall–Kier alpha value is -0.900. The van der Waals surface area contributed by atoms with Crippen molar-refractivity contribution in [1.29, 1.82) is 0 Å². The maximum Gasteiger partial charge on any atom is 0.223 e. The van der Waals surface area contributed by atoms with Crippen LogP contribution in [0.25, 0.3) is 0 Å². The zero-order valence-corrected chi connectivity index (χ0v) is 10.8. The fraction of sp³-hybridized carbons (Fsp3) is 0.846. The highest BCUT2D eigenvalue weighted by Crippen LogP contribution is 2.52. The Morgan fingerprint density at radius 1 is 1.18 bits per heavy atom. The lowest BCUT2D eigenvalue weighted by Crippen LogP contribution is -2.56. The molecule has 1 aliphatic carbocycles. The second kappa shape index (κ2) is 3.55. The number of fused-ring (bicyclic) bond motifs is 3. The zero-order valence-electron chi connectivity index (χ0n) is 10.8. The van der Waals surface area contributed by atoms with E-state index in [1.165, 1.54) is 0 Å². The number of hydrogen-bond donors (Lipinski definition) is 0. The predicted octanol–water partition coefficient (Wildman–Crippen LogP) is 2.61. The minimum absolute atomic E-state index is 0.0222. The largest absolute Gasteiger partial charge is 0.374 e. The van der Waals surface area contributed by atoms with Gasteiger partial charge in [0.25, 0.3) is 0 Å². The number of ether oxygens (including phenoxy) is 1. The van der Waals surface area contributed by atoms with Gasteiger partial charge in [-0.3, -0.25) is 0 Å². The average molecular weight is 236 g/mol. The first-order valence-electron chi connectivity index (χ1n) is 6.51. The van der Waals surface area contributed by atoms with Crippen molar-refractivity contribution in [2.45, 2.75) is 57.5 Å². The molecule has 0 radical (unpaired) electrons. The van der Waals surface area contributed by atoms with Crippen molar-refractivity contribution >= 4 is 0 Å². The first-order valence-corrected chi connectivity index (χ1v) is 6.51. The summed E-state index contributed by atoms with van der Waals surface area (Å²) in [7, 11) is 0. The van der Waals surface area contributed by atoms with E-state index < -0.39 is 0 Å². The third-order valence-corrected chi connectivity index (χ3v) is 4.74. The summed E-state index contributed by atoms with van der Waals surface area (Å²) in [4.78, 5) is 4.41. The Bertz CT molecular complexity index is 400. The monoisotopic (exact) mass is 236 g/mol. The molecule has 0 N–H and O–H groups in total. The Labute approximate surface area is 102 Å². The first-order chi connectivity index (χ1) is 8.06. The van der Waals surface area contributed by atoms with Gasteiger partial charge in [-0.2, -0.15) is 4.98 Å². The van der Waals surface area contributed by atoms with Gasteiger partial charge in [0.1, 0.15) is 0 Å². The number of hydrogen-bond acceptors (Lipinski definition) is 4. The maximum absolute atomic E-state index is 6.17. The number of aryl methyl sites for hydroxylation is 1. The van der Waals surface area contributed by atoms with Gasteiger partial charge in [-0.25, -0.2) is 0 Å². The maximum atomic E-state index is 6.17. The number of nitrogens with zero attached hydrogens (tertiary/aromatic N) is 2. The van der Waals surface area contributed by atoms with Crippen LogP contribution in [-0.4, -0.2) is 22.3 Å². The summed E-state index contributed by atoms with van der Waals surface area (Å²) in [6, 6.07) is 0. The van der Waals surface area contributed by atoms with Gasteiger partial charge in [0.15, 0.2) is 5.82 Å². The molecule has 0 atom stereocenters. The Balaban J connectivity index is 1.86. The second-order valence-corrected chi connectivity index (χ2v) is 5.93. The van der Waals surface area contributed by atoms with Gasteiger partial charge < -0.3 is 9.26 Å². The molecule has 0 amide bonds. The molecule has 1 aromatic rings. The molecular formula is C13H20N2O2. The molecular weight excluding hydrogens is 216 g/mol. The van der Waals surface area contributed by atoms with Gasteiger partial charge in [0.2, 0.25) is 5.89 Å². The minimum Gasteiger partial charge on any atom is -0.374 e. The van der Waals surface area contributed by atoms with Crippen LogP contribution in [0, 0.1) is 12.8 Å². The number of aromatic nitrogens is 2. The van der Waals surface area contributed by atoms with E-state index in [0.29, 0.717) is 11.8 Å². The van der Waals surface area contributed by atoms with Gasteiger partial charge >= 0.3 is 0 Å². The smallest absolute Gasteiger partial charge is 0.223 e. The van der Waals surface area contributed by atoms with Crippen LogP contribution in [0.4, 0.5) is 0 Å². The highest BCUT2D eigenvalue weighted by Gasteiger charge is 2.53. The lowest BCUT2D eigenvalue weighted by Gasteiger charge is -2.53. The van der Waals surface area contributed by atoms with Gasteiger partial charge in [0.05, 0.1) is 17.6 Å². The minimum atomic E-state index is 0.0222. The normalized spacial score (nSPS) is 36.7. The molecule has 94 valence electrons. The van der Waals surface area contributed by atoms with Crippen LogP contribution >= 0.6 is 0 Å². The Morgan fingerprint density at radius 3 is 2.29 bits per heavy atom. The molecule has 2 saturated heterocycles. The molecule has 3 aliphatic rings. The SMILES string of the molecule is Cc1nc(C23CCC(C(C)C)(CC2)OC3)no1. The van der Waals surface area contributed by atoms with Gasteiger partial charge in [-0.05, 0) is 31.6 Å². The highest BCUT2D eigenvalue weighted by molar-refractivity contribution is 5.15. The van der Waals surface area contributed by atoms with Crippen LogP contribution in [0.3, 0.4) is 0 Å². The predicted molar refractivity (Wildman–Crippen MR) is 62.7 cm³/mol. The Morgan fingerprint density at radius 2 is 1.88 bits per heavy atom. The summed E-state index contributed by atoms with van der Waals surface area (Å²) in [6.07, 6.45) is 4.50. The lowest BCUT2D eigenvalue weighted by molar-refractivity contribution is -0.180. The first kappa shape index (κ1) is 11.2. The summed E-state index contributed by atoms with van der Waals surface area (Å²) >= 11 is 0. The van der Waals surface area contributed by atoms with Crippen molar-refractivity contribution in [1.82, 2.24) is 10.1 Å². The van der Waals surface area contributed by atoms with Crippen LogP contribution < -0.4 is 0 Å². The summed E-state index contributed by atoms with van der Waals surface area (Å²) < 4.78 is 11.3. The molecule has 0 unspecified atom stereocenters. The molecule has 3 fully saturated rings. The van der Waals surface area contributed by atoms with Crippen molar-refractivity contribution < 1.29 is 9.26 Å². The summed E-state index contributed by atoms with van der Waals surface area (Å²) in [5, 5.41) is 4.11. The van der Waals surface area contributed by atoms with Crippen LogP contribution in [0.15, 0.2) is 4.52 Å². The second-order valence-electron chi connectivity index (χ2n) is 5.93. The highest BCUT2D eigenvalue weighted by atomic mass is 16.5. The standard InChI is InChI=1S/C13H20N2O2/c1-9(2)13-6-4-12(5-7-13,8-16-13)11-14-10(3)17-15-11/h9H,4-8H2,1-3H3. The number of rotatable bonds is 2. The molecule has 2 aliphatic heterocycles. The van der Waals surface area contributed by atoms with E-state index >= 15 is 0 Å². The molecule has 17 heavy (non-hydrogen) atoms. The quantitative estimate of drug-likeness (QED) is 0.792. The molecule has 4 nitrogen and oxygen atoms in total. The lowest BCUT2D eigenvalue weighted by atomic mass is 9.62. The van der Waals surface area contributed by atoms with E-state index in [-0.39, 0.29) is 11.0 Å². The molecule has 1 saturated carbocycles. The van der Waals surface area contributed by atoms with Crippen molar-refractivity contribution in [3.63, 3.8) is 0 Å². The van der Waals surface area contributed by atoms with Crippen molar-refractivity contribution in [2.24, 2.45) is 5.92 Å². The average Bonchev–Trinajstić information content (AvgIpc) is 2.79. The van der Waals surface area contributed by atoms with Crippen LogP contribution in [0.2, 0.25) is 0 Å². The van der Waals surface area contributed by atoms with Crippen molar-refractivity contribution in [2.75, 3.05) is 6.61 Å². The van der Waals surface area contributed by atoms with Crippen LogP contribution in [0.1, 0.15) is 51.2 Å². The molecule has 3 heterocycles. The molecule has 2 bridgehead atoms. The van der Waals surface area contributed by atoms with Crippen LogP contribution in [-0.2, 0) is 10.2 Å². The van der Waals surface area contributed by atoms with Gasteiger partial charge in [-0.15, -0.1) is 0 Å². The third kappa shape index (κ3) is 1.53. The molecule has 0 spiro atoms. The van der Waals surface area contributed by atoms with E-state index in [0.717, 1.165) is 38.1 Å². The van der Waals surface area contributed by atoms with E-state index in [2.05, 4.69) is 24.0 Å². The zero-order chi connectivity index (χ0) is 12.1. The summed E-state index contributed by atoms with van der Waals surface area (Å²) in [5.74, 6) is 2.10. The third-order valence-electron chi connectivity index (χ3n) is 4.74. The van der Waals surface area contributed by atoms with Crippen molar-refractivity contribution in [3.8, 4) is 0 Å².